The van der Waals surface area contributed by atoms with Crippen LogP contribution < -0.4 is 10.1 Å². The number of aromatic nitrogens is 1. The molecule has 1 fully saturated rings. The molecule has 1 saturated carbocycles. The third-order valence-electron chi connectivity index (χ3n) is 4.11. The van der Waals surface area contributed by atoms with Gasteiger partial charge in [0.15, 0.2) is 0 Å². The van der Waals surface area contributed by atoms with E-state index in [9.17, 15) is 0 Å². The van der Waals surface area contributed by atoms with Gasteiger partial charge in [0.05, 0.1) is 0 Å². The Morgan fingerprint density at radius 1 is 1.20 bits per heavy atom. The maximum absolute atomic E-state index is 6.13. The van der Waals surface area contributed by atoms with E-state index in [1.54, 1.807) is 0 Å². The van der Waals surface area contributed by atoms with Gasteiger partial charge in [-0.25, -0.2) is 4.98 Å². The Hall–Kier alpha value is -1.09. The molecule has 2 rings (SSSR count). The Balaban J connectivity index is 2.02. The van der Waals surface area contributed by atoms with Crippen LogP contribution in [0, 0.1) is 5.92 Å². The average molecular weight is 276 g/mol. The number of hydrogen-bond donors (Lipinski definition) is 1. The van der Waals surface area contributed by atoms with Crippen molar-refractivity contribution in [2.24, 2.45) is 5.92 Å². The summed E-state index contributed by atoms with van der Waals surface area (Å²) in [6.07, 6.45) is 6.21. The minimum absolute atomic E-state index is 0.359. The molecule has 112 valence electrons. The van der Waals surface area contributed by atoms with Crippen LogP contribution in [-0.2, 0) is 13.0 Å². The summed E-state index contributed by atoms with van der Waals surface area (Å²) in [6.45, 7) is 8.49. The summed E-state index contributed by atoms with van der Waals surface area (Å²) >= 11 is 0. The molecule has 1 N–H and O–H groups in total. The number of nitrogens with zero attached hydrogens (tertiary/aromatic N) is 1. The van der Waals surface area contributed by atoms with Crippen LogP contribution in [0.3, 0.4) is 0 Å². The van der Waals surface area contributed by atoms with E-state index < -0.39 is 0 Å². The van der Waals surface area contributed by atoms with E-state index in [-0.39, 0.29) is 0 Å². The van der Waals surface area contributed by atoms with E-state index in [1.165, 1.54) is 31.2 Å². The van der Waals surface area contributed by atoms with Crippen molar-refractivity contribution in [2.45, 2.75) is 65.5 Å². The molecule has 1 aromatic rings. The first-order valence-electron chi connectivity index (χ1n) is 8.08. The molecule has 1 aromatic heterocycles. The highest BCUT2D eigenvalue weighted by Gasteiger charge is 2.20. The van der Waals surface area contributed by atoms with Crippen molar-refractivity contribution < 1.29 is 4.74 Å². The van der Waals surface area contributed by atoms with Gasteiger partial charge in [-0.2, -0.15) is 0 Å². The molecule has 0 unspecified atom stereocenters. The summed E-state index contributed by atoms with van der Waals surface area (Å²) in [6, 6.07) is 4.28. The van der Waals surface area contributed by atoms with Crippen LogP contribution in [0.15, 0.2) is 12.1 Å². The van der Waals surface area contributed by atoms with Crippen LogP contribution in [0.5, 0.6) is 5.88 Å². The van der Waals surface area contributed by atoms with Crippen molar-refractivity contribution in [1.29, 1.82) is 0 Å². The fourth-order valence-electron chi connectivity index (χ4n) is 2.75. The first-order chi connectivity index (χ1) is 9.71. The van der Waals surface area contributed by atoms with Gasteiger partial charge in [0.1, 0.15) is 6.10 Å². The SMILES string of the molecule is CCNCc1cc(CC)nc(OC2CCC(C)CC2)c1. The molecule has 0 aliphatic heterocycles. The maximum Gasteiger partial charge on any atom is 0.214 e. The normalized spacial score (nSPS) is 22.8. The Morgan fingerprint density at radius 2 is 1.95 bits per heavy atom. The number of hydrogen-bond acceptors (Lipinski definition) is 3. The Kier molecular flexibility index (Phi) is 5.84. The lowest BCUT2D eigenvalue weighted by Gasteiger charge is -2.26. The zero-order valence-electron chi connectivity index (χ0n) is 13.1. The van der Waals surface area contributed by atoms with Gasteiger partial charge in [0.2, 0.25) is 5.88 Å². The fraction of sp³-hybridized carbons (Fsp3) is 0.706. The number of pyridine rings is 1. The third kappa shape index (κ3) is 4.48. The van der Waals surface area contributed by atoms with Gasteiger partial charge in [0.25, 0.3) is 0 Å². The molecule has 0 radical (unpaired) electrons. The molecule has 0 bridgehead atoms. The van der Waals surface area contributed by atoms with Gasteiger partial charge in [-0.3, -0.25) is 0 Å². The molecule has 1 heterocycles. The summed E-state index contributed by atoms with van der Waals surface area (Å²) in [5.41, 5.74) is 2.40. The van der Waals surface area contributed by atoms with Crippen molar-refractivity contribution in [3.05, 3.63) is 23.4 Å². The summed E-state index contributed by atoms with van der Waals surface area (Å²) in [4.78, 5) is 4.62. The minimum atomic E-state index is 0.359. The summed E-state index contributed by atoms with van der Waals surface area (Å²) < 4.78 is 6.13. The second kappa shape index (κ2) is 7.63. The summed E-state index contributed by atoms with van der Waals surface area (Å²) in [7, 11) is 0. The van der Waals surface area contributed by atoms with E-state index in [2.05, 4.69) is 43.2 Å². The van der Waals surface area contributed by atoms with Crippen LogP contribution in [0.25, 0.3) is 0 Å². The smallest absolute Gasteiger partial charge is 0.214 e. The number of aryl methyl sites for hydroxylation is 1. The molecule has 20 heavy (non-hydrogen) atoms. The second-order valence-corrected chi connectivity index (χ2v) is 5.94. The molecule has 0 saturated heterocycles. The Bertz CT molecular complexity index is 411. The third-order valence-corrected chi connectivity index (χ3v) is 4.11. The quantitative estimate of drug-likeness (QED) is 0.860. The van der Waals surface area contributed by atoms with E-state index in [4.69, 9.17) is 4.74 Å². The van der Waals surface area contributed by atoms with Crippen molar-refractivity contribution >= 4 is 0 Å². The minimum Gasteiger partial charge on any atom is -0.474 e. The lowest BCUT2D eigenvalue weighted by Crippen LogP contribution is -2.23. The van der Waals surface area contributed by atoms with Gasteiger partial charge in [-0.05, 0) is 56.2 Å². The van der Waals surface area contributed by atoms with Gasteiger partial charge < -0.3 is 10.1 Å². The van der Waals surface area contributed by atoms with Gasteiger partial charge in [-0.1, -0.05) is 20.8 Å². The Morgan fingerprint density at radius 3 is 2.60 bits per heavy atom. The zero-order chi connectivity index (χ0) is 14.4. The van der Waals surface area contributed by atoms with E-state index in [0.29, 0.717) is 6.10 Å². The van der Waals surface area contributed by atoms with E-state index >= 15 is 0 Å². The Labute approximate surface area is 123 Å². The van der Waals surface area contributed by atoms with Crippen LogP contribution in [0.2, 0.25) is 0 Å². The maximum atomic E-state index is 6.13. The lowest BCUT2D eigenvalue weighted by molar-refractivity contribution is 0.130. The van der Waals surface area contributed by atoms with E-state index in [1.807, 2.05) is 0 Å². The first-order valence-corrected chi connectivity index (χ1v) is 8.08. The van der Waals surface area contributed by atoms with Crippen molar-refractivity contribution in [3.63, 3.8) is 0 Å². The molecule has 0 atom stereocenters. The van der Waals surface area contributed by atoms with E-state index in [0.717, 1.165) is 37.0 Å². The van der Waals surface area contributed by atoms with Crippen LogP contribution in [0.1, 0.15) is 57.7 Å². The van der Waals surface area contributed by atoms with Gasteiger partial charge in [0, 0.05) is 18.3 Å². The van der Waals surface area contributed by atoms with Gasteiger partial charge in [-0.15, -0.1) is 0 Å². The molecule has 3 heteroatoms. The summed E-state index contributed by atoms with van der Waals surface area (Å²) in [5.74, 6) is 1.67. The predicted molar refractivity (Wildman–Crippen MR) is 83.0 cm³/mol. The molecule has 0 aromatic carbocycles. The first kappa shape index (κ1) is 15.3. The molecule has 0 amide bonds. The van der Waals surface area contributed by atoms with Crippen LogP contribution in [-0.4, -0.2) is 17.6 Å². The molecule has 0 spiro atoms. The standard InChI is InChI=1S/C17H28N2O/c1-4-15-10-14(12-18-5-2)11-17(19-15)20-16-8-6-13(3)7-9-16/h10-11,13,16,18H,4-9,12H2,1-3H3. The second-order valence-electron chi connectivity index (χ2n) is 5.94. The fourth-order valence-corrected chi connectivity index (χ4v) is 2.75. The summed E-state index contributed by atoms with van der Waals surface area (Å²) in [5, 5.41) is 3.37. The molecule has 1 aliphatic rings. The lowest BCUT2D eigenvalue weighted by atomic mass is 9.89. The predicted octanol–water partition coefficient (Wildman–Crippen LogP) is 3.71. The van der Waals surface area contributed by atoms with Crippen molar-refractivity contribution in [3.8, 4) is 5.88 Å². The largest absolute Gasteiger partial charge is 0.474 e. The zero-order valence-corrected chi connectivity index (χ0v) is 13.1. The van der Waals surface area contributed by atoms with Crippen LogP contribution >= 0.6 is 0 Å². The number of ether oxygens (including phenoxy) is 1. The molecular weight excluding hydrogens is 248 g/mol. The van der Waals surface area contributed by atoms with Crippen LogP contribution in [0.4, 0.5) is 0 Å². The monoisotopic (exact) mass is 276 g/mol. The topological polar surface area (TPSA) is 34.2 Å². The average Bonchev–Trinajstić information content (AvgIpc) is 2.47. The number of nitrogens with one attached hydrogen (secondary N) is 1. The molecule has 3 nitrogen and oxygen atoms in total. The highest BCUT2D eigenvalue weighted by molar-refractivity contribution is 5.25. The highest BCUT2D eigenvalue weighted by atomic mass is 16.5. The van der Waals surface area contributed by atoms with Crippen molar-refractivity contribution in [2.75, 3.05) is 6.54 Å². The molecule has 1 aliphatic carbocycles. The van der Waals surface area contributed by atoms with Crippen molar-refractivity contribution in [1.82, 2.24) is 10.3 Å². The number of rotatable bonds is 6. The molecular formula is C17H28N2O. The highest BCUT2D eigenvalue weighted by Crippen LogP contribution is 2.27. The van der Waals surface area contributed by atoms with Gasteiger partial charge >= 0.3 is 0 Å².